The highest BCUT2D eigenvalue weighted by atomic mass is 15.3. The summed E-state index contributed by atoms with van der Waals surface area (Å²) in [5.74, 6) is 2.88. The van der Waals surface area contributed by atoms with Crippen LogP contribution in [0, 0.1) is 6.92 Å². The minimum atomic E-state index is 0.209. The summed E-state index contributed by atoms with van der Waals surface area (Å²) in [6.45, 7) is 7.53. The fourth-order valence-electron chi connectivity index (χ4n) is 3.06. The highest BCUT2D eigenvalue weighted by molar-refractivity contribution is 5.80. The van der Waals surface area contributed by atoms with E-state index in [1.165, 1.54) is 11.1 Å². The van der Waals surface area contributed by atoms with Gasteiger partial charge in [-0.1, -0.05) is 67.6 Å². The minimum Gasteiger partial charge on any atom is -0.353 e. The maximum Gasteiger partial charge on any atom is 0.192 e. The second-order valence-electron chi connectivity index (χ2n) is 7.36. The van der Waals surface area contributed by atoms with Gasteiger partial charge in [-0.25, -0.2) is 4.99 Å². The number of aromatic nitrogens is 3. The van der Waals surface area contributed by atoms with Gasteiger partial charge in [0.25, 0.3) is 0 Å². The monoisotopic (exact) mass is 390 g/mol. The van der Waals surface area contributed by atoms with Gasteiger partial charge < -0.3 is 15.2 Å². The van der Waals surface area contributed by atoms with Crippen LogP contribution >= 0.6 is 0 Å². The van der Waals surface area contributed by atoms with Crippen molar-refractivity contribution in [1.29, 1.82) is 0 Å². The van der Waals surface area contributed by atoms with Crippen LogP contribution in [0.15, 0.2) is 65.7 Å². The quantitative estimate of drug-likeness (QED) is 0.478. The number of benzene rings is 2. The smallest absolute Gasteiger partial charge is 0.192 e. The topological polar surface area (TPSA) is 67.1 Å². The van der Waals surface area contributed by atoms with Crippen molar-refractivity contribution in [1.82, 2.24) is 25.4 Å². The third kappa shape index (κ3) is 5.67. The number of aliphatic imine (C=N–C) groups is 1. The zero-order valence-electron chi connectivity index (χ0n) is 17.6. The maximum absolute atomic E-state index is 4.80. The van der Waals surface area contributed by atoms with Crippen molar-refractivity contribution in [3.05, 3.63) is 83.4 Å². The molecule has 0 aliphatic heterocycles. The van der Waals surface area contributed by atoms with Crippen molar-refractivity contribution in [3.8, 4) is 0 Å². The van der Waals surface area contributed by atoms with Crippen LogP contribution in [-0.2, 0) is 20.1 Å². The van der Waals surface area contributed by atoms with E-state index in [9.17, 15) is 0 Å². The van der Waals surface area contributed by atoms with Crippen LogP contribution in [0.2, 0.25) is 0 Å². The number of nitrogens with zero attached hydrogens (tertiary/aromatic N) is 4. The van der Waals surface area contributed by atoms with Crippen molar-refractivity contribution >= 4 is 5.96 Å². The molecular formula is C23H30N6. The Morgan fingerprint density at radius 1 is 1.00 bits per heavy atom. The van der Waals surface area contributed by atoms with Crippen LogP contribution in [0.1, 0.15) is 42.5 Å². The predicted molar refractivity (Wildman–Crippen MR) is 118 cm³/mol. The highest BCUT2D eigenvalue weighted by Crippen LogP contribution is 2.18. The molecule has 3 rings (SSSR count). The lowest BCUT2D eigenvalue weighted by atomic mass is 9.94. The SMILES string of the molecule is Cc1nnc(CNC(=NCc2ccccc2)NC(C)C(C)c2ccccc2)n1C. The lowest BCUT2D eigenvalue weighted by molar-refractivity contribution is 0.547. The average Bonchev–Trinajstić information content (AvgIpc) is 3.08. The van der Waals surface area contributed by atoms with Crippen LogP contribution in [0.4, 0.5) is 0 Å². The van der Waals surface area contributed by atoms with Crippen molar-refractivity contribution < 1.29 is 0 Å². The molecule has 2 N–H and O–H groups in total. The lowest BCUT2D eigenvalue weighted by Gasteiger charge is -2.24. The van der Waals surface area contributed by atoms with E-state index in [1.54, 1.807) is 0 Å². The van der Waals surface area contributed by atoms with Crippen LogP contribution < -0.4 is 10.6 Å². The van der Waals surface area contributed by atoms with E-state index in [0.29, 0.717) is 19.0 Å². The fraction of sp³-hybridized carbons (Fsp3) is 0.348. The first-order valence-electron chi connectivity index (χ1n) is 10.0. The Morgan fingerprint density at radius 3 is 2.28 bits per heavy atom. The molecule has 152 valence electrons. The Hall–Kier alpha value is -3.15. The van der Waals surface area contributed by atoms with Gasteiger partial charge in [-0.2, -0.15) is 0 Å². The summed E-state index contributed by atoms with van der Waals surface area (Å²) < 4.78 is 1.98. The Labute approximate surface area is 173 Å². The van der Waals surface area contributed by atoms with Crippen LogP contribution in [-0.4, -0.2) is 26.8 Å². The van der Waals surface area contributed by atoms with Gasteiger partial charge in [0.1, 0.15) is 5.82 Å². The average molecular weight is 391 g/mol. The Bertz CT molecular complexity index is 917. The van der Waals surface area contributed by atoms with Crippen molar-refractivity contribution in [2.75, 3.05) is 0 Å². The standard InChI is InChI=1S/C23H30N6/c1-17(21-13-9-6-10-14-21)18(2)26-23(24-15-20-11-7-5-8-12-20)25-16-22-28-27-19(3)29(22)4/h5-14,17-18H,15-16H2,1-4H3,(H2,24,25,26). The number of hydrogen-bond donors (Lipinski definition) is 2. The molecule has 2 atom stereocenters. The molecule has 0 aliphatic rings. The van der Waals surface area contributed by atoms with Crippen LogP contribution in [0.5, 0.6) is 0 Å². The van der Waals surface area contributed by atoms with Crippen LogP contribution in [0.25, 0.3) is 0 Å². The molecular weight excluding hydrogens is 360 g/mol. The molecule has 1 aromatic heterocycles. The number of aryl methyl sites for hydroxylation is 1. The second-order valence-corrected chi connectivity index (χ2v) is 7.36. The first kappa shape index (κ1) is 20.6. The molecule has 29 heavy (non-hydrogen) atoms. The second kappa shape index (κ2) is 9.87. The molecule has 0 aliphatic carbocycles. The molecule has 0 saturated heterocycles. The van der Waals surface area contributed by atoms with Gasteiger partial charge in [-0.3, -0.25) is 0 Å². The third-order valence-electron chi connectivity index (χ3n) is 5.30. The van der Waals surface area contributed by atoms with Crippen molar-refractivity contribution in [2.24, 2.45) is 12.0 Å². The first-order chi connectivity index (χ1) is 14.0. The van der Waals surface area contributed by atoms with Gasteiger partial charge in [0.2, 0.25) is 0 Å². The molecule has 2 aromatic carbocycles. The lowest BCUT2D eigenvalue weighted by Crippen LogP contribution is -2.44. The van der Waals surface area contributed by atoms with Gasteiger partial charge in [0.05, 0.1) is 13.1 Å². The zero-order valence-corrected chi connectivity index (χ0v) is 17.6. The third-order valence-corrected chi connectivity index (χ3v) is 5.30. The highest BCUT2D eigenvalue weighted by Gasteiger charge is 2.16. The minimum absolute atomic E-state index is 0.209. The van der Waals surface area contributed by atoms with Crippen molar-refractivity contribution in [2.45, 2.75) is 45.8 Å². The molecule has 1 heterocycles. The summed E-state index contributed by atoms with van der Waals surface area (Å²) in [5.41, 5.74) is 2.48. The number of hydrogen-bond acceptors (Lipinski definition) is 3. The molecule has 6 heteroatoms. The molecule has 0 saturated carbocycles. The predicted octanol–water partition coefficient (Wildman–Crippen LogP) is 3.55. The molecule has 0 amide bonds. The van der Waals surface area contributed by atoms with E-state index in [4.69, 9.17) is 4.99 Å². The summed E-state index contributed by atoms with van der Waals surface area (Å²) in [6, 6.07) is 21.0. The van der Waals surface area contributed by atoms with Gasteiger partial charge in [0.15, 0.2) is 11.8 Å². The molecule has 0 radical (unpaired) electrons. The molecule has 2 unspecified atom stereocenters. The van der Waals surface area contributed by atoms with E-state index in [-0.39, 0.29) is 6.04 Å². The Kier molecular flexibility index (Phi) is 7.00. The van der Waals surface area contributed by atoms with Gasteiger partial charge in [-0.05, 0) is 25.0 Å². The summed E-state index contributed by atoms with van der Waals surface area (Å²) in [4.78, 5) is 4.80. The van der Waals surface area contributed by atoms with Gasteiger partial charge in [0, 0.05) is 19.0 Å². The summed E-state index contributed by atoms with van der Waals surface area (Å²) in [6.07, 6.45) is 0. The van der Waals surface area contributed by atoms with E-state index in [0.717, 1.165) is 17.6 Å². The summed E-state index contributed by atoms with van der Waals surface area (Å²) >= 11 is 0. The Balaban J connectivity index is 1.71. The van der Waals surface area contributed by atoms with Crippen LogP contribution in [0.3, 0.4) is 0 Å². The van der Waals surface area contributed by atoms with E-state index >= 15 is 0 Å². The molecule has 0 bridgehead atoms. The number of guanidine groups is 1. The summed E-state index contributed by atoms with van der Waals surface area (Å²) in [5, 5.41) is 15.3. The number of rotatable bonds is 7. The van der Waals surface area contributed by atoms with E-state index in [2.05, 4.69) is 71.1 Å². The number of nitrogens with one attached hydrogen (secondary N) is 2. The molecule has 0 spiro atoms. The molecule has 3 aromatic rings. The van der Waals surface area contributed by atoms with E-state index < -0.39 is 0 Å². The largest absolute Gasteiger partial charge is 0.353 e. The first-order valence-corrected chi connectivity index (χ1v) is 10.0. The normalized spacial score (nSPS) is 13.7. The van der Waals surface area contributed by atoms with Gasteiger partial charge >= 0.3 is 0 Å². The van der Waals surface area contributed by atoms with Crippen molar-refractivity contribution in [3.63, 3.8) is 0 Å². The maximum atomic E-state index is 4.80. The molecule has 6 nitrogen and oxygen atoms in total. The fourth-order valence-corrected chi connectivity index (χ4v) is 3.06. The van der Waals surface area contributed by atoms with Gasteiger partial charge in [-0.15, -0.1) is 10.2 Å². The van der Waals surface area contributed by atoms with E-state index in [1.807, 2.05) is 42.8 Å². The molecule has 0 fully saturated rings. The zero-order chi connectivity index (χ0) is 20.6. The summed E-state index contributed by atoms with van der Waals surface area (Å²) in [7, 11) is 1.97. The Morgan fingerprint density at radius 2 is 1.66 bits per heavy atom.